The molecule has 0 radical (unpaired) electrons. The largest absolute Gasteiger partial charge is 0.467 e. The molecule has 0 aliphatic carbocycles. The van der Waals surface area contributed by atoms with Gasteiger partial charge in [0.25, 0.3) is 0 Å². The van der Waals surface area contributed by atoms with Crippen molar-refractivity contribution >= 4 is 17.6 Å². The number of carbonyl (C=O) groups excluding carboxylic acids is 1. The van der Waals surface area contributed by atoms with Gasteiger partial charge in [0.15, 0.2) is 0 Å². The normalized spacial score (nSPS) is 13.2. The number of nitrogens with zero attached hydrogens (tertiary/aromatic N) is 3. The van der Waals surface area contributed by atoms with Crippen LogP contribution >= 0.6 is 11.6 Å². The van der Waals surface area contributed by atoms with Crippen molar-refractivity contribution in [1.29, 1.82) is 0 Å². The lowest BCUT2D eigenvalue weighted by Crippen LogP contribution is -2.48. The smallest absolute Gasteiger partial charge is 0.330 e. The van der Waals surface area contributed by atoms with Gasteiger partial charge in [0.05, 0.1) is 7.11 Å². The van der Waals surface area contributed by atoms with Gasteiger partial charge < -0.3 is 4.74 Å². The maximum atomic E-state index is 13.1. The second-order valence-corrected chi connectivity index (χ2v) is 4.53. The van der Waals surface area contributed by atoms with Crippen molar-refractivity contribution in [2.75, 3.05) is 20.2 Å². The topological polar surface area (TPSA) is 87.1 Å². The molecule has 1 aromatic rings. The van der Waals surface area contributed by atoms with E-state index in [4.69, 9.17) is 21.9 Å². The minimum Gasteiger partial charge on any atom is -0.467 e. The third kappa shape index (κ3) is 3.60. The third-order valence-corrected chi connectivity index (χ3v) is 3.13. The van der Waals surface area contributed by atoms with E-state index in [9.17, 15) is 9.18 Å². The van der Waals surface area contributed by atoms with Gasteiger partial charge in [-0.1, -0.05) is 22.8 Å². The molecule has 1 rings (SSSR count). The number of rotatable bonds is 6. The first-order valence-electron chi connectivity index (χ1n) is 5.75. The first-order valence-corrected chi connectivity index (χ1v) is 6.13. The maximum Gasteiger partial charge on any atom is 0.330 e. The predicted molar refractivity (Wildman–Crippen MR) is 72.8 cm³/mol. The molecular weight excluding hydrogens is 287 g/mol. The van der Waals surface area contributed by atoms with E-state index in [0.717, 1.165) is 6.07 Å². The van der Waals surface area contributed by atoms with Crippen LogP contribution in [-0.2, 0) is 15.1 Å². The lowest BCUT2D eigenvalue weighted by Gasteiger charge is -2.29. The number of esters is 1. The Balaban J connectivity index is 3.09. The lowest BCUT2D eigenvalue weighted by molar-refractivity contribution is -0.148. The van der Waals surface area contributed by atoms with Crippen molar-refractivity contribution in [1.82, 2.24) is 5.32 Å². The van der Waals surface area contributed by atoms with Crippen LogP contribution in [0.1, 0.15) is 12.5 Å². The monoisotopic (exact) mass is 300 g/mol. The molecule has 6 nitrogen and oxygen atoms in total. The van der Waals surface area contributed by atoms with E-state index < -0.39 is 17.3 Å². The molecule has 0 saturated heterocycles. The van der Waals surface area contributed by atoms with Gasteiger partial charge in [0.1, 0.15) is 11.4 Å². The average molecular weight is 301 g/mol. The number of hydrogen-bond acceptors (Lipinski definition) is 4. The standard InChI is InChI=1S/C12H14ClFN4O2/c1-12(11(19)20-2,16-5-6-17-18-15)9-4-3-8(14)7-10(9)13/h3-4,7,16H,5-6H2,1-2H3. The molecule has 0 bridgehead atoms. The first kappa shape index (κ1) is 16.2. The summed E-state index contributed by atoms with van der Waals surface area (Å²) in [5.74, 6) is -1.08. The Kier molecular flexibility index (Phi) is 5.76. The molecule has 0 aromatic heterocycles. The molecule has 8 heteroatoms. The Bertz CT molecular complexity index is 548. The van der Waals surface area contributed by atoms with Gasteiger partial charge in [-0.25, -0.2) is 9.18 Å². The van der Waals surface area contributed by atoms with Crippen molar-refractivity contribution in [2.24, 2.45) is 5.11 Å². The van der Waals surface area contributed by atoms with Crippen molar-refractivity contribution < 1.29 is 13.9 Å². The van der Waals surface area contributed by atoms with Gasteiger partial charge in [0, 0.05) is 28.6 Å². The van der Waals surface area contributed by atoms with Crippen LogP contribution in [0.2, 0.25) is 5.02 Å². The lowest BCUT2D eigenvalue weighted by atomic mass is 9.91. The fourth-order valence-electron chi connectivity index (χ4n) is 1.78. The number of benzene rings is 1. The van der Waals surface area contributed by atoms with Gasteiger partial charge in [-0.2, -0.15) is 0 Å². The van der Waals surface area contributed by atoms with Gasteiger partial charge in [-0.3, -0.25) is 5.32 Å². The maximum absolute atomic E-state index is 13.1. The van der Waals surface area contributed by atoms with Crippen LogP contribution in [0, 0.1) is 5.82 Å². The van der Waals surface area contributed by atoms with Crippen LogP contribution in [0.25, 0.3) is 10.4 Å². The summed E-state index contributed by atoms with van der Waals surface area (Å²) in [6, 6.07) is 3.74. The molecular formula is C12H14ClFN4O2. The van der Waals surface area contributed by atoms with E-state index in [0.29, 0.717) is 5.56 Å². The molecule has 0 spiro atoms. The summed E-state index contributed by atoms with van der Waals surface area (Å²) >= 11 is 5.99. The summed E-state index contributed by atoms with van der Waals surface area (Å²) in [5, 5.41) is 6.38. The summed E-state index contributed by atoms with van der Waals surface area (Å²) in [7, 11) is 1.24. The summed E-state index contributed by atoms with van der Waals surface area (Å²) in [6.45, 7) is 1.96. The molecule has 1 aromatic carbocycles. The molecule has 1 atom stereocenters. The molecule has 0 heterocycles. The Morgan fingerprint density at radius 3 is 2.90 bits per heavy atom. The number of azide groups is 1. The molecule has 0 aliphatic heterocycles. The quantitative estimate of drug-likeness (QED) is 0.288. The molecule has 108 valence electrons. The number of nitrogens with one attached hydrogen (secondary N) is 1. The van der Waals surface area contributed by atoms with E-state index in [1.54, 1.807) is 6.92 Å². The van der Waals surface area contributed by atoms with Gasteiger partial charge in [-0.15, -0.1) is 0 Å². The van der Waals surface area contributed by atoms with Gasteiger partial charge >= 0.3 is 5.97 Å². The zero-order valence-electron chi connectivity index (χ0n) is 11.1. The predicted octanol–water partition coefficient (Wildman–Crippen LogP) is 2.77. The Hall–Kier alpha value is -1.82. The molecule has 0 aliphatic rings. The molecule has 0 amide bonds. The second kappa shape index (κ2) is 7.09. The highest BCUT2D eigenvalue weighted by molar-refractivity contribution is 6.31. The van der Waals surface area contributed by atoms with E-state index in [-0.39, 0.29) is 18.1 Å². The van der Waals surface area contributed by atoms with Crippen LogP contribution in [0.4, 0.5) is 4.39 Å². The van der Waals surface area contributed by atoms with Crippen LogP contribution in [0.5, 0.6) is 0 Å². The van der Waals surface area contributed by atoms with E-state index in [1.807, 2.05) is 0 Å². The van der Waals surface area contributed by atoms with Gasteiger partial charge in [0.2, 0.25) is 0 Å². The van der Waals surface area contributed by atoms with Crippen LogP contribution in [0.3, 0.4) is 0 Å². The summed E-state index contributed by atoms with van der Waals surface area (Å²) < 4.78 is 17.8. The van der Waals surface area contributed by atoms with Crippen LogP contribution < -0.4 is 5.32 Å². The van der Waals surface area contributed by atoms with E-state index in [2.05, 4.69) is 15.3 Å². The van der Waals surface area contributed by atoms with E-state index in [1.165, 1.54) is 19.2 Å². The highest BCUT2D eigenvalue weighted by atomic mass is 35.5. The average Bonchev–Trinajstić information content (AvgIpc) is 2.42. The third-order valence-electron chi connectivity index (χ3n) is 2.82. The fourth-order valence-corrected chi connectivity index (χ4v) is 2.13. The minimum absolute atomic E-state index is 0.106. The van der Waals surface area contributed by atoms with Crippen LogP contribution in [0.15, 0.2) is 23.3 Å². The summed E-state index contributed by atoms with van der Waals surface area (Å²) in [6.07, 6.45) is 0. The number of halogens is 2. The number of ether oxygens (including phenoxy) is 1. The molecule has 20 heavy (non-hydrogen) atoms. The zero-order chi connectivity index (χ0) is 15.2. The van der Waals surface area contributed by atoms with Gasteiger partial charge in [-0.05, 0) is 24.6 Å². The molecule has 0 saturated carbocycles. The summed E-state index contributed by atoms with van der Waals surface area (Å²) in [4.78, 5) is 14.6. The highest BCUT2D eigenvalue weighted by Crippen LogP contribution is 2.29. The molecule has 1 unspecified atom stereocenters. The van der Waals surface area contributed by atoms with Crippen molar-refractivity contribution in [3.8, 4) is 0 Å². The number of methoxy groups -OCH3 is 1. The fraction of sp³-hybridized carbons (Fsp3) is 0.417. The Morgan fingerprint density at radius 2 is 2.35 bits per heavy atom. The van der Waals surface area contributed by atoms with Crippen molar-refractivity contribution in [3.63, 3.8) is 0 Å². The van der Waals surface area contributed by atoms with E-state index >= 15 is 0 Å². The summed E-state index contributed by atoms with van der Waals surface area (Å²) in [5.41, 5.74) is 7.34. The highest BCUT2D eigenvalue weighted by Gasteiger charge is 2.37. The number of hydrogen-bond donors (Lipinski definition) is 1. The second-order valence-electron chi connectivity index (χ2n) is 4.12. The minimum atomic E-state index is -1.26. The molecule has 0 fully saturated rings. The molecule has 1 N–H and O–H groups in total. The Morgan fingerprint density at radius 1 is 1.65 bits per heavy atom. The van der Waals surface area contributed by atoms with Crippen molar-refractivity contribution in [3.05, 3.63) is 45.0 Å². The Labute approximate surface area is 120 Å². The van der Waals surface area contributed by atoms with Crippen molar-refractivity contribution in [2.45, 2.75) is 12.5 Å². The SMILES string of the molecule is COC(=O)C(C)(NCCN=[N+]=[N-])c1ccc(F)cc1Cl. The van der Waals surface area contributed by atoms with Crippen LogP contribution in [-0.4, -0.2) is 26.2 Å². The number of carbonyl (C=O) groups is 1. The first-order chi connectivity index (χ1) is 9.45. The zero-order valence-corrected chi connectivity index (χ0v) is 11.8.